The summed E-state index contributed by atoms with van der Waals surface area (Å²) in [5.74, 6) is -0.387. The van der Waals surface area contributed by atoms with E-state index >= 15 is 0 Å². The summed E-state index contributed by atoms with van der Waals surface area (Å²) in [5, 5.41) is 8.69. The normalized spacial score (nSPS) is 10.5. The van der Waals surface area contributed by atoms with Gasteiger partial charge in [0.2, 0.25) is 11.8 Å². The molecule has 7 nitrogen and oxygen atoms in total. The zero-order valence-corrected chi connectivity index (χ0v) is 19.4. The van der Waals surface area contributed by atoms with Gasteiger partial charge in [0.25, 0.3) is 5.91 Å². The Hall–Kier alpha value is -3.35. The van der Waals surface area contributed by atoms with E-state index in [2.05, 4.69) is 29.8 Å². The molecule has 0 saturated carbocycles. The third-order valence-electron chi connectivity index (χ3n) is 4.80. The molecule has 0 unspecified atom stereocenters. The molecule has 2 aromatic carbocycles. The zero-order chi connectivity index (χ0) is 23.5. The second-order valence-electron chi connectivity index (χ2n) is 8.00. The first-order valence-electron chi connectivity index (χ1n) is 11.2. The number of carbonyl (C=O) groups excluding carboxylic acids is 3. The van der Waals surface area contributed by atoms with Crippen molar-refractivity contribution in [2.45, 2.75) is 40.5 Å². The number of rotatable bonds is 11. The van der Waals surface area contributed by atoms with E-state index in [4.69, 9.17) is 0 Å². The van der Waals surface area contributed by atoms with Gasteiger partial charge < -0.3 is 20.9 Å². The molecule has 0 aliphatic carbocycles. The Labute approximate surface area is 190 Å². The largest absolute Gasteiger partial charge is 0.376 e. The summed E-state index contributed by atoms with van der Waals surface area (Å²) in [6, 6.07) is 14.2. The molecule has 172 valence electrons. The number of anilines is 3. The fraction of sp³-hybridized carbons (Fsp3) is 0.400. The van der Waals surface area contributed by atoms with Gasteiger partial charge in [0.05, 0.1) is 6.54 Å². The van der Waals surface area contributed by atoms with E-state index in [1.807, 2.05) is 18.7 Å². The molecule has 0 aliphatic heterocycles. The molecule has 2 aromatic rings. The van der Waals surface area contributed by atoms with Crippen LogP contribution in [0.3, 0.4) is 0 Å². The van der Waals surface area contributed by atoms with Crippen molar-refractivity contribution in [2.24, 2.45) is 5.92 Å². The highest BCUT2D eigenvalue weighted by Gasteiger charge is 2.14. The lowest BCUT2D eigenvalue weighted by Gasteiger charge is -2.21. The van der Waals surface area contributed by atoms with Crippen LogP contribution < -0.4 is 16.0 Å². The second kappa shape index (κ2) is 12.5. The Morgan fingerprint density at radius 2 is 1.44 bits per heavy atom. The molecule has 7 heteroatoms. The third-order valence-corrected chi connectivity index (χ3v) is 4.80. The fourth-order valence-electron chi connectivity index (χ4n) is 3.12. The van der Waals surface area contributed by atoms with Crippen molar-refractivity contribution in [3.05, 3.63) is 54.1 Å². The molecule has 0 heterocycles. The first-order chi connectivity index (χ1) is 15.3. The van der Waals surface area contributed by atoms with E-state index in [1.54, 1.807) is 48.5 Å². The van der Waals surface area contributed by atoms with Gasteiger partial charge in [-0.15, -0.1) is 0 Å². The number of hydrogen-bond donors (Lipinski definition) is 3. The Morgan fingerprint density at radius 3 is 2.00 bits per heavy atom. The van der Waals surface area contributed by atoms with Crippen LogP contribution in [0.15, 0.2) is 48.5 Å². The van der Waals surface area contributed by atoms with E-state index in [9.17, 15) is 14.4 Å². The molecule has 32 heavy (non-hydrogen) atoms. The first-order valence-corrected chi connectivity index (χ1v) is 11.2. The molecule has 0 saturated heterocycles. The van der Waals surface area contributed by atoms with Crippen LogP contribution in [0.1, 0.15) is 50.9 Å². The highest BCUT2D eigenvalue weighted by atomic mass is 16.2. The Kier molecular flexibility index (Phi) is 9.73. The van der Waals surface area contributed by atoms with Crippen LogP contribution in [0.4, 0.5) is 17.1 Å². The monoisotopic (exact) mass is 438 g/mol. The van der Waals surface area contributed by atoms with Crippen LogP contribution in [0, 0.1) is 5.92 Å². The fourth-order valence-corrected chi connectivity index (χ4v) is 3.12. The van der Waals surface area contributed by atoms with Crippen LogP contribution in [0.2, 0.25) is 0 Å². The molecular formula is C25H34N4O3. The van der Waals surface area contributed by atoms with Gasteiger partial charge in [-0.05, 0) is 55.3 Å². The van der Waals surface area contributed by atoms with Gasteiger partial charge in [-0.25, -0.2) is 0 Å². The summed E-state index contributed by atoms with van der Waals surface area (Å²) >= 11 is 0. The molecule has 0 fully saturated rings. The van der Waals surface area contributed by atoms with Crippen LogP contribution in [-0.4, -0.2) is 42.3 Å². The van der Waals surface area contributed by atoms with E-state index < -0.39 is 0 Å². The predicted octanol–water partition coefficient (Wildman–Crippen LogP) is 4.59. The van der Waals surface area contributed by atoms with Crippen molar-refractivity contribution in [1.82, 2.24) is 4.90 Å². The topological polar surface area (TPSA) is 90.5 Å². The summed E-state index contributed by atoms with van der Waals surface area (Å²) in [4.78, 5) is 38.7. The van der Waals surface area contributed by atoms with Crippen LogP contribution in [0.25, 0.3) is 0 Å². The van der Waals surface area contributed by atoms with Gasteiger partial charge in [0, 0.05) is 41.6 Å². The minimum atomic E-state index is -0.213. The molecule has 0 radical (unpaired) electrons. The van der Waals surface area contributed by atoms with Crippen molar-refractivity contribution in [2.75, 3.05) is 35.6 Å². The zero-order valence-electron chi connectivity index (χ0n) is 19.4. The van der Waals surface area contributed by atoms with Crippen LogP contribution >= 0.6 is 0 Å². The van der Waals surface area contributed by atoms with Crippen molar-refractivity contribution >= 4 is 34.8 Å². The van der Waals surface area contributed by atoms with Crippen LogP contribution in [-0.2, 0) is 9.59 Å². The van der Waals surface area contributed by atoms with E-state index in [0.717, 1.165) is 31.6 Å². The minimum Gasteiger partial charge on any atom is -0.376 e. The SMILES string of the molecule is CCCN(CCC)C(=O)c1ccc(NCC(=O)Nc2cccc(NC(=O)C(C)C)c2)cc1. The summed E-state index contributed by atoms with van der Waals surface area (Å²) < 4.78 is 0. The molecule has 0 aromatic heterocycles. The number of nitrogens with zero attached hydrogens (tertiary/aromatic N) is 1. The molecule has 2 rings (SSSR count). The highest BCUT2D eigenvalue weighted by Crippen LogP contribution is 2.16. The second-order valence-corrected chi connectivity index (χ2v) is 8.00. The Morgan fingerprint density at radius 1 is 0.844 bits per heavy atom. The van der Waals surface area contributed by atoms with Gasteiger partial charge in [0.15, 0.2) is 0 Å². The van der Waals surface area contributed by atoms with E-state index in [0.29, 0.717) is 16.9 Å². The molecule has 0 bridgehead atoms. The number of nitrogens with one attached hydrogen (secondary N) is 3. The summed E-state index contributed by atoms with van der Waals surface area (Å²) in [6.07, 6.45) is 1.85. The lowest BCUT2D eigenvalue weighted by atomic mass is 10.1. The lowest BCUT2D eigenvalue weighted by Crippen LogP contribution is -2.32. The summed E-state index contributed by atoms with van der Waals surface area (Å²) in [5.41, 5.74) is 2.63. The number of benzene rings is 2. The maximum absolute atomic E-state index is 12.7. The quantitative estimate of drug-likeness (QED) is 0.478. The van der Waals surface area contributed by atoms with Gasteiger partial charge >= 0.3 is 0 Å². The van der Waals surface area contributed by atoms with Gasteiger partial charge in [-0.3, -0.25) is 14.4 Å². The average molecular weight is 439 g/mol. The Bertz CT molecular complexity index is 904. The highest BCUT2D eigenvalue weighted by molar-refractivity contribution is 5.96. The maximum Gasteiger partial charge on any atom is 0.253 e. The van der Waals surface area contributed by atoms with Gasteiger partial charge in [0.1, 0.15) is 0 Å². The smallest absolute Gasteiger partial charge is 0.253 e. The summed E-state index contributed by atoms with van der Waals surface area (Å²) in [7, 11) is 0. The molecule has 0 spiro atoms. The van der Waals surface area contributed by atoms with E-state index in [-0.39, 0.29) is 30.2 Å². The Balaban J connectivity index is 1.89. The lowest BCUT2D eigenvalue weighted by molar-refractivity contribution is -0.119. The number of amides is 3. The van der Waals surface area contributed by atoms with Crippen LogP contribution in [0.5, 0.6) is 0 Å². The summed E-state index contributed by atoms with van der Waals surface area (Å²) in [6.45, 7) is 9.33. The van der Waals surface area contributed by atoms with Crippen molar-refractivity contribution < 1.29 is 14.4 Å². The minimum absolute atomic E-state index is 0.0300. The molecule has 3 N–H and O–H groups in total. The predicted molar refractivity (Wildman–Crippen MR) is 130 cm³/mol. The maximum atomic E-state index is 12.7. The number of hydrogen-bond acceptors (Lipinski definition) is 4. The molecule has 3 amide bonds. The average Bonchev–Trinajstić information content (AvgIpc) is 2.77. The van der Waals surface area contributed by atoms with Crippen molar-refractivity contribution in [3.63, 3.8) is 0 Å². The van der Waals surface area contributed by atoms with E-state index in [1.165, 1.54) is 0 Å². The van der Waals surface area contributed by atoms with Crippen molar-refractivity contribution in [3.8, 4) is 0 Å². The molecule has 0 aliphatic rings. The van der Waals surface area contributed by atoms with Gasteiger partial charge in [-0.1, -0.05) is 33.8 Å². The molecular weight excluding hydrogens is 404 g/mol. The van der Waals surface area contributed by atoms with Crippen molar-refractivity contribution in [1.29, 1.82) is 0 Å². The third kappa shape index (κ3) is 7.72. The first kappa shape index (κ1) is 24.9. The van der Waals surface area contributed by atoms with Gasteiger partial charge in [-0.2, -0.15) is 0 Å². The standard InChI is InChI=1S/C25H34N4O3/c1-5-14-29(15-6-2)25(32)19-10-12-20(13-11-19)26-17-23(30)27-21-8-7-9-22(16-21)28-24(31)18(3)4/h7-13,16,18,26H,5-6,14-15,17H2,1-4H3,(H,27,30)(H,28,31). The number of carbonyl (C=O) groups is 3. The molecule has 0 atom stereocenters.